The molecule has 28 heavy (non-hydrogen) atoms. The normalized spacial score (nSPS) is 20.2. The van der Waals surface area contributed by atoms with Crippen LogP contribution in [0.5, 0.6) is 0 Å². The number of aliphatic hydroxyl groups excluding tert-OH is 1. The van der Waals surface area contributed by atoms with Gasteiger partial charge in [-0.15, -0.1) is 0 Å². The summed E-state index contributed by atoms with van der Waals surface area (Å²) in [7, 11) is 3.92. The van der Waals surface area contributed by atoms with E-state index in [1.54, 1.807) is 0 Å². The summed E-state index contributed by atoms with van der Waals surface area (Å²) in [5.74, 6) is 0.164. The summed E-state index contributed by atoms with van der Waals surface area (Å²) in [4.78, 5) is 15.9. The number of likely N-dealkylation sites (N-methyl/N-ethyl adjacent to an activating group) is 1. The van der Waals surface area contributed by atoms with Gasteiger partial charge in [-0.2, -0.15) is 0 Å². The third-order valence-corrected chi connectivity index (χ3v) is 6.46. The number of hydrogen-bond acceptors (Lipinski definition) is 3. The monoisotopic (exact) mass is 376 g/mol. The van der Waals surface area contributed by atoms with E-state index in [4.69, 9.17) is 0 Å². The minimum absolute atomic E-state index is 0.164. The third kappa shape index (κ3) is 3.07. The minimum atomic E-state index is -0.691. The molecular formula is C23H29BN2O2. The van der Waals surface area contributed by atoms with E-state index in [2.05, 4.69) is 31.4 Å². The lowest BCUT2D eigenvalue weighted by Crippen LogP contribution is -2.47. The van der Waals surface area contributed by atoms with Crippen LogP contribution in [0.2, 0.25) is 0 Å². The number of benzene rings is 2. The fraction of sp³-hybridized carbons (Fsp3) is 0.435. The average Bonchev–Trinajstić information content (AvgIpc) is 2.93. The lowest BCUT2D eigenvalue weighted by molar-refractivity contribution is -0.125. The number of amides is 1. The molecule has 0 bridgehead atoms. The van der Waals surface area contributed by atoms with Gasteiger partial charge in [-0.25, -0.2) is 0 Å². The van der Waals surface area contributed by atoms with Crippen LogP contribution in [0, 0.1) is 0 Å². The van der Waals surface area contributed by atoms with Crippen molar-refractivity contribution in [1.82, 2.24) is 5.32 Å². The maximum atomic E-state index is 14.0. The van der Waals surface area contributed by atoms with Gasteiger partial charge >= 0.3 is 0 Å². The van der Waals surface area contributed by atoms with Gasteiger partial charge in [-0.05, 0) is 37.1 Å². The van der Waals surface area contributed by atoms with Gasteiger partial charge in [0.05, 0.1) is 17.6 Å². The Morgan fingerprint density at radius 2 is 1.86 bits per heavy atom. The molecule has 1 fully saturated rings. The maximum Gasteiger partial charge on any atom is 0.238 e. The van der Waals surface area contributed by atoms with Crippen LogP contribution < -0.4 is 15.7 Å². The Labute approximate surface area is 168 Å². The molecule has 2 N–H and O–H groups in total. The van der Waals surface area contributed by atoms with Crippen molar-refractivity contribution in [3.05, 3.63) is 59.7 Å². The van der Waals surface area contributed by atoms with Crippen LogP contribution >= 0.6 is 0 Å². The summed E-state index contributed by atoms with van der Waals surface area (Å²) in [5.41, 5.74) is 3.87. The summed E-state index contributed by atoms with van der Waals surface area (Å²) in [6.45, 7) is 0.428. The molecule has 1 amide bonds. The maximum absolute atomic E-state index is 14.0. The number of carbonyl (C=O) groups excluding carboxylic acids is 1. The van der Waals surface area contributed by atoms with Gasteiger partial charge in [0.1, 0.15) is 7.85 Å². The molecule has 1 aliphatic heterocycles. The summed E-state index contributed by atoms with van der Waals surface area (Å²) in [6.07, 6.45) is 4.49. The highest BCUT2D eigenvalue weighted by molar-refractivity contribution is 6.32. The number of nitrogens with zero attached hydrogens (tertiary/aromatic N) is 1. The van der Waals surface area contributed by atoms with Crippen molar-refractivity contribution in [1.29, 1.82) is 0 Å². The van der Waals surface area contributed by atoms with Gasteiger partial charge in [0.2, 0.25) is 5.91 Å². The quantitative estimate of drug-likeness (QED) is 0.783. The van der Waals surface area contributed by atoms with E-state index in [-0.39, 0.29) is 5.91 Å². The van der Waals surface area contributed by atoms with Gasteiger partial charge < -0.3 is 15.3 Å². The van der Waals surface area contributed by atoms with E-state index in [0.29, 0.717) is 6.54 Å². The van der Waals surface area contributed by atoms with Gasteiger partial charge in [0.15, 0.2) is 0 Å². The molecule has 1 heterocycles. The van der Waals surface area contributed by atoms with Gasteiger partial charge in [0, 0.05) is 12.2 Å². The number of carbonyl (C=O) groups is 1. The van der Waals surface area contributed by atoms with Gasteiger partial charge in [-0.3, -0.25) is 4.79 Å². The Kier molecular flexibility index (Phi) is 5.30. The van der Waals surface area contributed by atoms with Crippen LogP contribution in [-0.2, 0) is 10.2 Å². The Morgan fingerprint density at radius 3 is 2.54 bits per heavy atom. The Balaban J connectivity index is 1.86. The zero-order valence-corrected chi connectivity index (χ0v) is 16.8. The molecular weight excluding hydrogens is 347 g/mol. The summed E-state index contributed by atoms with van der Waals surface area (Å²) >= 11 is 0. The molecule has 4 rings (SSSR count). The summed E-state index contributed by atoms with van der Waals surface area (Å²) in [5, 5.41) is 14.1. The predicted octanol–water partition coefficient (Wildman–Crippen LogP) is 1.82. The first-order valence-electron chi connectivity index (χ1n) is 10.4. The molecule has 5 heteroatoms. The van der Waals surface area contributed by atoms with Crippen LogP contribution in [0.3, 0.4) is 0 Å². The summed E-state index contributed by atoms with van der Waals surface area (Å²) < 4.78 is 0. The Hall–Kier alpha value is -2.11. The Morgan fingerprint density at radius 1 is 1.14 bits per heavy atom. The predicted molar refractivity (Wildman–Crippen MR) is 116 cm³/mol. The molecule has 146 valence electrons. The van der Waals surface area contributed by atoms with Crippen LogP contribution in [0.15, 0.2) is 48.5 Å². The van der Waals surface area contributed by atoms with Crippen molar-refractivity contribution < 1.29 is 9.90 Å². The second-order valence-corrected chi connectivity index (χ2v) is 8.32. The van der Waals surface area contributed by atoms with Crippen molar-refractivity contribution in [2.24, 2.45) is 0 Å². The zero-order valence-electron chi connectivity index (χ0n) is 16.8. The number of aliphatic hydroxyl groups is 1. The van der Waals surface area contributed by atoms with E-state index in [1.165, 1.54) is 11.9 Å². The number of rotatable bonds is 5. The molecule has 1 unspecified atom stereocenters. The van der Waals surface area contributed by atoms with Crippen molar-refractivity contribution >= 4 is 24.9 Å². The molecule has 1 saturated carbocycles. The first-order valence-corrected chi connectivity index (χ1v) is 10.4. The van der Waals surface area contributed by atoms with E-state index >= 15 is 0 Å². The number of hydrogen-bond donors (Lipinski definition) is 2. The molecule has 2 aromatic carbocycles. The van der Waals surface area contributed by atoms with Crippen molar-refractivity contribution in [2.75, 3.05) is 18.5 Å². The van der Waals surface area contributed by atoms with Crippen LogP contribution in [0.1, 0.15) is 49.3 Å². The number of anilines is 1. The van der Waals surface area contributed by atoms with Gasteiger partial charge in [0.25, 0.3) is 0 Å². The van der Waals surface area contributed by atoms with E-state index in [1.807, 2.05) is 42.3 Å². The van der Waals surface area contributed by atoms with E-state index in [9.17, 15) is 9.90 Å². The topological polar surface area (TPSA) is 52.6 Å². The number of fused-ring (bicyclic) bond motifs is 2. The SMILES string of the molecule is Bc1ccc2c(c1)C1(CCCCC1)C(=O)N2[C@@H](c1ccccc1)C(O)CNC. The largest absolute Gasteiger partial charge is 0.389 e. The fourth-order valence-corrected chi connectivity index (χ4v) is 5.13. The van der Waals surface area contributed by atoms with Crippen LogP contribution in [0.4, 0.5) is 5.69 Å². The molecule has 0 aromatic heterocycles. The van der Waals surface area contributed by atoms with Gasteiger partial charge in [-0.1, -0.05) is 67.2 Å². The van der Waals surface area contributed by atoms with Crippen molar-refractivity contribution in [2.45, 2.75) is 49.7 Å². The second kappa shape index (κ2) is 7.73. The molecule has 0 radical (unpaired) electrons. The second-order valence-electron chi connectivity index (χ2n) is 8.32. The van der Waals surface area contributed by atoms with Crippen molar-refractivity contribution in [3.63, 3.8) is 0 Å². The lowest BCUT2D eigenvalue weighted by Gasteiger charge is -2.36. The highest BCUT2D eigenvalue weighted by Crippen LogP contribution is 2.52. The van der Waals surface area contributed by atoms with E-state index < -0.39 is 17.6 Å². The third-order valence-electron chi connectivity index (χ3n) is 6.46. The lowest BCUT2D eigenvalue weighted by atomic mass is 9.69. The molecule has 2 aliphatic rings. The smallest absolute Gasteiger partial charge is 0.238 e. The molecule has 2 atom stereocenters. The Bertz CT molecular complexity index is 849. The zero-order chi connectivity index (χ0) is 19.7. The van der Waals surface area contributed by atoms with Crippen LogP contribution in [0.25, 0.3) is 0 Å². The fourth-order valence-electron chi connectivity index (χ4n) is 5.13. The minimum Gasteiger partial charge on any atom is -0.389 e. The number of nitrogens with one attached hydrogen (secondary N) is 1. The average molecular weight is 376 g/mol. The van der Waals surface area contributed by atoms with Crippen molar-refractivity contribution in [3.8, 4) is 0 Å². The molecule has 4 nitrogen and oxygen atoms in total. The molecule has 0 saturated heterocycles. The highest BCUT2D eigenvalue weighted by Gasteiger charge is 2.53. The molecule has 2 aromatic rings. The molecule has 1 aliphatic carbocycles. The first kappa shape index (κ1) is 19.2. The van der Waals surface area contributed by atoms with E-state index in [0.717, 1.165) is 42.5 Å². The van der Waals surface area contributed by atoms with Crippen LogP contribution in [-0.4, -0.2) is 38.6 Å². The molecule has 1 spiro atoms. The highest BCUT2D eigenvalue weighted by atomic mass is 16.3. The standard InChI is InChI=1S/C23H29BN2O2/c1-25-15-20(27)21(16-8-4-2-5-9-16)26-19-11-10-17(24)14-18(19)23(22(26)28)12-6-3-7-13-23/h2,4-5,8-11,14,20-21,25,27H,3,6-7,12-13,15,24H2,1H3/t20?,21-/m0/s1. The first-order chi connectivity index (χ1) is 13.6. The summed E-state index contributed by atoms with van der Waals surface area (Å²) in [6, 6.07) is 15.9.